The van der Waals surface area contributed by atoms with Crippen molar-refractivity contribution in [3.8, 4) is 0 Å². The molecule has 2 atom stereocenters. The van der Waals surface area contributed by atoms with E-state index < -0.39 is 0 Å². The van der Waals surface area contributed by atoms with Crippen molar-refractivity contribution in [3.05, 3.63) is 42.0 Å². The second kappa shape index (κ2) is 7.83. The molecular weight excluding hydrogens is 334 g/mol. The van der Waals surface area contributed by atoms with Gasteiger partial charge < -0.3 is 9.47 Å². The summed E-state index contributed by atoms with van der Waals surface area (Å²) in [5, 5.41) is 0. The second-order valence-electron chi connectivity index (χ2n) is 6.76. The molecule has 0 aliphatic carbocycles. The van der Waals surface area contributed by atoms with Crippen LogP contribution in [-0.2, 0) is 30.3 Å². The van der Waals surface area contributed by atoms with E-state index in [9.17, 15) is 14.4 Å². The predicted molar refractivity (Wildman–Crippen MR) is 95.5 cm³/mol. The first-order valence-electron chi connectivity index (χ1n) is 8.92. The normalized spacial score (nSPS) is 24.7. The average Bonchev–Trinajstić information content (AvgIpc) is 2.94. The Kier molecular flexibility index (Phi) is 5.52. The molecule has 0 saturated carbocycles. The maximum absolute atomic E-state index is 11.9. The SMILES string of the molecule is CC1OC(C)C1CCCOC(=O)Cc1ccc(N2C(=O)C=CC2=O)cc1. The largest absolute Gasteiger partial charge is 0.465 e. The molecule has 1 aromatic carbocycles. The minimum atomic E-state index is -0.359. The van der Waals surface area contributed by atoms with Crippen LogP contribution < -0.4 is 4.90 Å². The van der Waals surface area contributed by atoms with Gasteiger partial charge in [0.2, 0.25) is 0 Å². The summed E-state index contributed by atoms with van der Waals surface area (Å²) in [5.74, 6) is -0.448. The summed E-state index contributed by atoms with van der Waals surface area (Å²) in [6.45, 7) is 4.55. The summed E-state index contributed by atoms with van der Waals surface area (Å²) in [7, 11) is 0. The van der Waals surface area contributed by atoms with Crippen LogP contribution in [0.3, 0.4) is 0 Å². The number of carbonyl (C=O) groups is 3. The monoisotopic (exact) mass is 357 g/mol. The van der Waals surface area contributed by atoms with E-state index in [2.05, 4.69) is 13.8 Å². The number of esters is 1. The van der Waals surface area contributed by atoms with Crippen LogP contribution in [0.1, 0.15) is 32.3 Å². The van der Waals surface area contributed by atoms with Gasteiger partial charge in [0.15, 0.2) is 0 Å². The van der Waals surface area contributed by atoms with Crippen LogP contribution in [0, 0.1) is 5.92 Å². The summed E-state index contributed by atoms with van der Waals surface area (Å²) in [6, 6.07) is 6.77. The molecule has 0 N–H and O–H groups in total. The molecule has 2 aliphatic heterocycles. The van der Waals surface area contributed by atoms with Gasteiger partial charge in [-0.05, 0) is 44.4 Å². The fraction of sp³-hybridized carbons (Fsp3) is 0.450. The van der Waals surface area contributed by atoms with Gasteiger partial charge in [0.25, 0.3) is 11.8 Å². The van der Waals surface area contributed by atoms with Crippen molar-refractivity contribution in [1.82, 2.24) is 0 Å². The Balaban J connectivity index is 1.42. The second-order valence-corrected chi connectivity index (χ2v) is 6.76. The Morgan fingerprint density at radius 3 is 2.27 bits per heavy atom. The predicted octanol–water partition coefficient (Wildman–Crippen LogP) is 2.41. The molecule has 138 valence electrons. The van der Waals surface area contributed by atoms with Crippen LogP contribution in [0.25, 0.3) is 0 Å². The fourth-order valence-corrected chi connectivity index (χ4v) is 3.44. The molecule has 26 heavy (non-hydrogen) atoms. The molecule has 2 heterocycles. The summed E-state index contributed by atoms with van der Waals surface area (Å²) in [5.41, 5.74) is 1.27. The number of amides is 2. The van der Waals surface area contributed by atoms with Gasteiger partial charge in [-0.3, -0.25) is 14.4 Å². The van der Waals surface area contributed by atoms with E-state index in [4.69, 9.17) is 9.47 Å². The lowest BCUT2D eigenvalue weighted by molar-refractivity contribution is -0.169. The first-order valence-corrected chi connectivity index (χ1v) is 8.92. The lowest BCUT2D eigenvalue weighted by atomic mass is 9.87. The summed E-state index contributed by atoms with van der Waals surface area (Å²) in [4.78, 5) is 36.3. The molecular formula is C20H23NO5. The Morgan fingerprint density at radius 1 is 1.08 bits per heavy atom. The van der Waals surface area contributed by atoms with E-state index in [1.807, 2.05) is 0 Å². The molecule has 3 rings (SSSR count). The van der Waals surface area contributed by atoms with Crippen molar-refractivity contribution < 1.29 is 23.9 Å². The number of rotatable bonds is 7. The molecule has 6 heteroatoms. The number of hydrogen-bond donors (Lipinski definition) is 0. The van der Waals surface area contributed by atoms with Gasteiger partial charge >= 0.3 is 5.97 Å². The molecule has 2 aliphatic rings. The summed E-state index contributed by atoms with van der Waals surface area (Å²) in [6.07, 6.45) is 5.07. The lowest BCUT2D eigenvalue weighted by Gasteiger charge is -2.41. The van der Waals surface area contributed by atoms with Gasteiger partial charge in [-0.15, -0.1) is 0 Å². The average molecular weight is 357 g/mol. The maximum Gasteiger partial charge on any atom is 0.310 e. The number of benzene rings is 1. The highest BCUT2D eigenvalue weighted by molar-refractivity contribution is 6.28. The van der Waals surface area contributed by atoms with E-state index in [-0.39, 0.29) is 24.2 Å². The van der Waals surface area contributed by atoms with Gasteiger partial charge in [0.1, 0.15) is 0 Å². The third-order valence-electron chi connectivity index (χ3n) is 4.93. The van der Waals surface area contributed by atoms with Crippen LogP contribution in [-0.4, -0.2) is 36.6 Å². The van der Waals surface area contributed by atoms with Crippen molar-refractivity contribution in [2.45, 2.75) is 45.3 Å². The van der Waals surface area contributed by atoms with Gasteiger partial charge in [0, 0.05) is 18.1 Å². The first kappa shape index (κ1) is 18.3. The molecule has 1 saturated heterocycles. The highest BCUT2D eigenvalue weighted by Gasteiger charge is 2.35. The van der Waals surface area contributed by atoms with Gasteiger partial charge in [-0.25, -0.2) is 4.90 Å². The number of nitrogens with zero attached hydrogens (tertiary/aromatic N) is 1. The molecule has 6 nitrogen and oxygen atoms in total. The van der Waals surface area contributed by atoms with Crippen molar-refractivity contribution in [2.75, 3.05) is 11.5 Å². The Bertz CT molecular complexity index is 698. The Labute approximate surface area is 152 Å². The zero-order valence-corrected chi connectivity index (χ0v) is 15.0. The third kappa shape index (κ3) is 4.02. The van der Waals surface area contributed by atoms with E-state index in [0.29, 0.717) is 30.4 Å². The van der Waals surface area contributed by atoms with Crippen LogP contribution >= 0.6 is 0 Å². The van der Waals surface area contributed by atoms with Gasteiger partial charge in [0.05, 0.1) is 30.9 Å². The number of carbonyl (C=O) groups excluding carboxylic acids is 3. The number of ether oxygens (including phenoxy) is 2. The zero-order valence-electron chi connectivity index (χ0n) is 15.0. The quantitative estimate of drug-likeness (QED) is 0.426. The van der Waals surface area contributed by atoms with Crippen LogP contribution in [0.5, 0.6) is 0 Å². The van der Waals surface area contributed by atoms with Crippen molar-refractivity contribution in [3.63, 3.8) is 0 Å². The lowest BCUT2D eigenvalue weighted by Crippen LogP contribution is -2.45. The molecule has 0 bridgehead atoms. The minimum absolute atomic E-state index is 0.166. The third-order valence-corrected chi connectivity index (χ3v) is 4.93. The fourth-order valence-electron chi connectivity index (χ4n) is 3.44. The molecule has 0 radical (unpaired) electrons. The topological polar surface area (TPSA) is 72.9 Å². The van der Waals surface area contributed by atoms with Crippen LogP contribution in [0.4, 0.5) is 5.69 Å². The smallest absolute Gasteiger partial charge is 0.310 e. The summed E-state index contributed by atoms with van der Waals surface area (Å²) >= 11 is 0. The van der Waals surface area contributed by atoms with E-state index in [1.54, 1.807) is 24.3 Å². The van der Waals surface area contributed by atoms with E-state index in [1.165, 1.54) is 12.2 Å². The maximum atomic E-state index is 11.9. The van der Waals surface area contributed by atoms with E-state index >= 15 is 0 Å². The standard InChI is InChI=1S/C20H23NO5/c1-13-17(14(2)26-13)4-3-11-25-20(24)12-15-5-7-16(8-6-15)21-18(22)9-10-19(21)23/h5-10,13-14,17H,3-4,11-12H2,1-2H3. The van der Waals surface area contributed by atoms with Crippen LogP contribution in [0.2, 0.25) is 0 Å². The number of anilines is 1. The van der Waals surface area contributed by atoms with Gasteiger partial charge in [-0.1, -0.05) is 12.1 Å². The summed E-state index contributed by atoms with van der Waals surface area (Å²) < 4.78 is 10.8. The van der Waals surface area contributed by atoms with Crippen molar-refractivity contribution in [2.24, 2.45) is 5.92 Å². The number of hydrogen-bond acceptors (Lipinski definition) is 5. The van der Waals surface area contributed by atoms with Gasteiger partial charge in [-0.2, -0.15) is 0 Å². The minimum Gasteiger partial charge on any atom is -0.465 e. The highest BCUT2D eigenvalue weighted by Crippen LogP contribution is 2.31. The Morgan fingerprint density at radius 2 is 1.69 bits per heavy atom. The van der Waals surface area contributed by atoms with E-state index in [0.717, 1.165) is 23.3 Å². The molecule has 2 unspecified atom stereocenters. The molecule has 2 amide bonds. The van der Waals surface area contributed by atoms with Crippen LogP contribution in [0.15, 0.2) is 36.4 Å². The first-order chi connectivity index (χ1) is 12.5. The highest BCUT2D eigenvalue weighted by atomic mass is 16.5. The molecule has 1 fully saturated rings. The molecule has 0 aromatic heterocycles. The van der Waals surface area contributed by atoms with Crippen molar-refractivity contribution >= 4 is 23.5 Å². The molecule has 1 aromatic rings. The zero-order chi connectivity index (χ0) is 18.7. The van der Waals surface area contributed by atoms with Crippen molar-refractivity contribution in [1.29, 1.82) is 0 Å². The Hall–Kier alpha value is -2.47. The number of imide groups is 1. The molecule has 0 spiro atoms.